The van der Waals surface area contributed by atoms with Gasteiger partial charge in [-0.25, -0.2) is 0 Å². The molecule has 0 aliphatic rings. The largest absolute Gasteiger partial charge is 0.480 e. The smallest absolute Gasteiger partial charge is 0.323 e. The van der Waals surface area contributed by atoms with E-state index in [1.54, 1.807) is 19.1 Å². The van der Waals surface area contributed by atoms with Gasteiger partial charge in [0, 0.05) is 18.0 Å². The van der Waals surface area contributed by atoms with Gasteiger partial charge in [0.05, 0.1) is 0 Å². The molecule has 0 aromatic heterocycles. The molecule has 0 aliphatic heterocycles. The Balaban J connectivity index is 2.49. The molecule has 0 atom stereocenters. The van der Waals surface area contributed by atoms with Crippen molar-refractivity contribution in [2.45, 2.75) is 19.8 Å². The Morgan fingerprint density at radius 2 is 1.89 bits per heavy atom. The minimum Gasteiger partial charge on any atom is -0.480 e. The van der Waals surface area contributed by atoms with E-state index in [9.17, 15) is 9.59 Å². The van der Waals surface area contributed by atoms with Gasteiger partial charge in [-0.2, -0.15) is 0 Å². The Hall–Kier alpha value is -1.55. The number of likely N-dealkylation sites (N-methyl/N-ethyl adjacent to an activating group) is 1. The molecule has 1 N–H and O–H groups in total. The molecule has 0 saturated carbocycles. The lowest BCUT2D eigenvalue weighted by molar-refractivity contribution is -0.144. The van der Waals surface area contributed by atoms with Crippen molar-refractivity contribution in [1.29, 1.82) is 0 Å². The molecule has 5 heteroatoms. The standard InChI is InChI=1S/C13H16ClNO3/c1-2-15(9-13(17)18)12(16)8-5-10-3-6-11(14)7-4-10/h3-4,6-7H,2,5,8-9H2,1H3,(H,17,18). The first-order valence-corrected chi connectivity index (χ1v) is 6.14. The molecule has 0 spiro atoms. The first-order valence-electron chi connectivity index (χ1n) is 5.77. The van der Waals surface area contributed by atoms with E-state index in [0.29, 0.717) is 24.4 Å². The molecule has 1 aromatic carbocycles. The third kappa shape index (κ3) is 4.75. The lowest BCUT2D eigenvalue weighted by Crippen LogP contribution is -2.35. The molecule has 4 nitrogen and oxygen atoms in total. The average molecular weight is 270 g/mol. The number of carboxylic acids is 1. The van der Waals surface area contributed by atoms with E-state index in [1.807, 2.05) is 12.1 Å². The molecular formula is C13H16ClNO3. The molecule has 0 bridgehead atoms. The van der Waals surface area contributed by atoms with Gasteiger partial charge in [0.2, 0.25) is 5.91 Å². The molecule has 0 radical (unpaired) electrons. The minimum atomic E-state index is -0.989. The molecular weight excluding hydrogens is 254 g/mol. The van der Waals surface area contributed by atoms with Crippen molar-refractivity contribution in [3.05, 3.63) is 34.9 Å². The van der Waals surface area contributed by atoms with Crippen LogP contribution in [0.2, 0.25) is 5.02 Å². The Kier molecular flexibility index (Phi) is 5.65. The molecule has 1 amide bonds. The fraction of sp³-hybridized carbons (Fsp3) is 0.385. The number of hydrogen-bond acceptors (Lipinski definition) is 2. The average Bonchev–Trinajstić information content (AvgIpc) is 2.34. The van der Waals surface area contributed by atoms with Gasteiger partial charge in [-0.05, 0) is 31.0 Å². The Labute approximate surface area is 111 Å². The van der Waals surface area contributed by atoms with Crippen LogP contribution >= 0.6 is 11.6 Å². The van der Waals surface area contributed by atoms with Crippen molar-refractivity contribution in [3.63, 3.8) is 0 Å². The number of hydrogen-bond donors (Lipinski definition) is 1. The Morgan fingerprint density at radius 3 is 2.39 bits per heavy atom. The number of rotatable bonds is 6. The molecule has 0 unspecified atom stereocenters. The molecule has 1 aromatic rings. The summed E-state index contributed by atoms with van der Waals surface area (Å²) in [7, 11) is 0. The van der Waals surface area contributed by atoms with E-state index in [4.69, 9.17) is 16.7 Å². The highest BCUT2D eigenvalue weighted by Gasteiger charge is 2.14. The van der Waals surface area contributed by atoms with Crippen LogP contribution in [0, 0.1) is 0 Å². The van der Waals surface area contributed by atoms with Crippen LogP contribution in [-0.2, 0) is 16.0 Å². The summed E-state index contributed by atoms with van der Waals surface area (Å²) in [5.74, 6) is -1.13. The zero-order chi connectivity index (χ0) is 13.5. The molecule has 0 heterocycles. The van der Waals surface area contributed by atoms with Crippen molar-refractivity contribution in [1.82, 2.24) is 4.90 Å². The maximum Gasteiger partial charge on any atom is 0.323 e. The van der Waals surface area contributed by atoms with Crippen molar-refractivity contribution in [3.8, 4) is 0 Å². The summed E-state index contributed by atoms with van der Waals surface area (Å²) >= 11 is 5.76. The van der Waals surface area contributed by atoms with Gasteiger partial charge in [0.15, 0.2) is 0 Å². The van der Waals surface area contributed by atoms with Gasteiger partial charge in [-0.15, -0.1) is 0 Å². The zero-order valence-electron chi connectivity index (χ0n) is 10.2. The van der Waals surface area contributed by atoms with Crippen LogP contribution in [-0.4, -0.2) is 35.0 Å². The Morgan fingerprint density at radius 1 is 1.28 bits per heavy atom. The maximum absolute atomic E-state index is 11.8. The van der Waals surface area contributed by atoms with Crippen molar-refractivity contribution < 1.29 is 14.7 Å². The number of benzene rings is 1. The predicted octanol–water partition coefficient (Wildman–Crippen LogP) is 2.21. The van der Waals surface area contributed by atoms with Crippen LogP contribution in [0.4, 0.5) is 0 Å². The van der Waals surface area contributed by atoms with Crippen LogP contribution < -0.4 is 0 Å². The third-order valence-corrected chi connectivity index (χ3v) is 2.85. The van der Waals surface area contributed by atoms with Gasteiger partial charge in [0.25, 0.3) is 0 Å². The van der Waals surface area contributed by atoms with Crippen molar-refractivity contribution in [2.24, 2.45) is 0 Å². The number of aliphatic carboxylic acids is 1. The molecule has 0 fully saturated rings. The SMILES string of the molecule is CCN(CC(=O)O)C(=O)CCc1ccc(Cl)cc1. The molecule has 0 saturated heterocycles. The second kappa shape index (κ2) is 7.01. The summed E-state index contributed by atoms with van der Waals surface area (Å²) in [5.41, 5.74) is 1.01. The highest BCUT2D eigenvalue weighted by molar-refractivity contribution is 6.30. The van der Waals surface area contributed by atoms with E-state index >= 15 is 0 Å². The maximum atomic E-state index is 11.8. The van der Waals surface area contributed by atoms with E-state index in [-0.39, 0.29) is 12.5 Å². The summed E-state index contributed by atoms with van der Waals surface area (Å²) in [4.78, 5) is 23.7. The summed E-state index contributed by atoms with van der Waals surface area (Å²) in [5, 5.41) is 9.33. The topological polar surface area (TPSA) is 57.6 Å². The van der Waals surface area contributed by atoms with E-state index in [0.717, 1.165) is 5.56 Å². The van der Waals surface area contributed by atoms with Crippen LogP contribution in [0.3, 0.4) is 0 Å². The monoisotopic (exact) mass is 269 g/mol. The van der Waals surface area contributed by atoms with Crippen molar-refractivity contribution >= 4 is 23.5 Å². The van der Waals surface area contributed by atoms with Crippen LogP contribution in [0.15, 0.2) is 24.3 Å². The molecule has 0 aliphatic carbocycles. The summed E-state index contributed by atoms with van der Waals surface area (Å²) < 4.78 is 0. The minimum absolute atomic E-state index is 0.144. The lowest BCUT2D eigenvalue weighted by Gasteiger charge is -2.18. The van der Waals surface area contributed by atoms with Gasteiger partial charge in [0.1, 0.15) is 6.54 Å². The normalized spacial score (nSPS) is 10.1. The number of carbonyl (C=O) groups excluding carboxylic acids is 1. The van der Waals surface area contributed by atoms with Crippen molar-refractivity contribution in [2.75, 3.05) is 13.1 Å². The van der Waals surface area contributed by atoms with E-state index < -0.39 is 5.97 Å². The highest BCUT2D eigenvalue weighted by atomic mass is 35.5. The first-order chi connectivity index (χ1) is 8.52. The number of amides is 1. The molecule has 98 valence electrons. The van der Waals surface area contributed by atoms with Gasteiger partial charge in [-0.3, -0.25) is 9.59 Å². The summed E-state index contributed by atoms with van der Waals surface area (Å²) in [6, 6.07) is 7.28. The lowest BCUT2D eigenvalue weighted by atomic mass is 10.1. The van der Waals surface area contributed by atoms with Crippen LogP contribution in [0.25, 0.3) is 0 Å². The second-order valence-corrected chi connectivity index (χ2v) is 4.36. The number of carbonyl (C=O) groups is 2. The zero-order valence-corrected chi connectivity index (χ0v) is 11.0. The summed E-state index contributed by atoms with van der Waals surface area (Å²) in [6.45, 7) is 1.94. The fourth-order valence-electron chi connectivity index (χ4n) is 1.60. The fourth-order valence-corrected chi connectivity index (χ4v) is 1.73. The van der Waals surface area contributed by atoms with E-state index in [2.05, 4.69) is 0 Å². The first kappa shape index (κ1) is 14.5. The number of nitrogens with zero attached hydrogens (tertiary/aromatic N) is 1. The number of aryl methyl sites for hydroxylation is 1. The second-order valence-electron chi connectivity index (χ2n) is 3.93. The van der Waals surface area contributed by atoms with Gasteiger partial charge < -0.3 is 10.0 Å². The number of halogens is 1. The quantitative estimate of drug-likeness (QED) is 0.861. The number of carboxylic acid groups (broad SMARTS) is 1. The van der Waals surface area contributed by atoms with Gasteiger partial charge in [-0.1, -0.05) is 23.7 Å². The van der Waals surface area contributed by atoms with Gasteiger partial charge >= 0.3 is 5.97 Å². The Bertz CT molecular complexity index is 417. The molecule has 18 heavy (non-hydrogen) atoms. The molecule has 1 rings (SSSR count). The van der Waals surface area contributed by atoms with Crippen LogP contribution in [0.1, 0.15) is 18.9 Å². The third-order valence-electron chi connectivity index (χ3n) is 2.60. The van der Waals surface area contributed by atoms with E-state index in [1.165, 1.54) is 4.90 Å². The highest BCUT2D eigenvalue weighted by Crippen LogP contribution is 2.11. The van der Waals surface area contributed by atoms with Crippen LogP contribution in [0.5, 0.6) is 0 Å². The predicted molar refractivity (Wildman–Crippen MR) is 69.7 cm³/mol. The summed E-state index contributed by atoms with van der Waals surface area (Å²) in [6.07, 6.45) is 0.898.